The number of anilines is 3. The first-order valence-corrected chi connectivity index (χ1v) is 13.8. The molecule has 2 unspecified atom stereocenters. The largest absolute Gasteiger partial charge is 0.497 e. The van der Waals surface area contributed by atoms with E-state index in [0.717, 1.165) is 31.0 Å². The number of pyridine rings is 1. The van der Waals surface area contributed by atoms with Gasteiger partial charge in [-0.3, -0.25) is 0 Å². The fraction of sp³-hybridized carbons (Fsp3) is 0.370. The molecule has 1 saturated heterocycles. The first-order chi connectivity index (χ1) is 19.1. The average Bonchev–Trinajstić information content (AvgIpc) is 3.61. The Morgan fingerprint density at radius 2 is 2.18 bits per heavy atom. The highest BCUT2D eigenvalue weighted by molar-refractivity contribution is 7.22. The van der Waals surface area contributed by atoms with Crippen molar-refractivity contribution in [1.82, 2.24) is 9.97 Å². The second kappa shape index (κ2) is 11.2. The standard InChI is InChI=1S/C27H26ClN5O5S/c1-34-21-10-16(5-7-19(21)36-13-17-4-2-3-9-35-17)31-27-33-26-25(39-27)22(15(11-29)12-30-26)32-23-18(28)6-8-20-24(23)38-14-37-20/h5-8,12,16-17H,2-4,9-10,13-14H2,1H3,(H2,30,31,32,33). The van der Waals surface area contributed by atoms with Gasteiger partial charge in [0, 0.05) is 19.2 Å². The topological polar surface area (TPSA) is 120 Å². The molecule has 0 saturated carbocycles. The number of thiazole rings is 1. The lowest BCUT2D eigenvalue weighted by molar-refractivity contribution is -0.0262. The highest BCUT2D eigenvalue weighted by Gasteiger charge is 2.25. The molecule has 1 fully saturated rings. The smallest absolute Gasteiger partial charge is 0.231 e. The predicted octanol–water partition coefficient (Wildman–Crippen LogP) is 5.87. The second-order valence-corrected chi connectivity index (χ2v) is 10.6. The molecule has 202 valence electrons. The van der Waals surface area contributed by atoms with Crippen LogP contribution in [0.25, 0.3) is 10.3 Å². The Bertz CT molecular complexity index is 1490. The first kappa shape index (κ1) is 25.6. The van der Waals surface area contributed by atoms with Crippen molar-refractivity contribution in [2.24, 2.45) is 0 Å². The van der Waals surface area contributed by atoms with Crippen LogP contribution < -0.4 is 20.1 Å². The van der Waals surface area contributed by atoms with Gasteiger partial charge in [-0.25, -0.2) is 9.97 Å². The van der Waals surface area contributed by atoms with Gasteiger partial charge in [-0.1, -0.05) is 29.0 Å². The molecule has 12 heteroatoms. The molecular formula is C27H26ClN5O5S. The van der Waals surface area contributed by atoms with Crippen LogP contribution in [0.1, 0.15) is 31.2 Å². The van der Waals surface area contributed by atoms with Gasteiger partial charge >= 0.3 is 0 Å². The van der Waals surface area contributed by atoms with Crippen molar-refractivity contribution in [3.05, 3.63) is 52.6 Å². The van der Waals surface area contributed by atoms with Crippen molar-refractivity contribution in [2.45, 2.75) is 37.8 Å². The van der Waals surface area contributed by atoms with Gasteiger partial charge in [0.2, 0.25) is 6.79 Å². The third kappa shape index (κ3) is 5.28. The Hall–Kier alpha value is -3.72. The van der Waals surface area contributed by atoms with Crippen molar-refractivity contribution in [3.63, 3.8) is 0 Å². The van der Waals surface area contributed by atoms with Crippen LogP contribution in [0.15, 0.2) is 42.0 Å². The summed E-state index contributed by atoms with van der Waals surface area (Å²) >= 11 is 7.87. The van der Waals surface area contributed by atoms with Crippen LogP contribution in [0.3, 0.4) is 0 Å². The minimum atomic E-state index is -0.0666. The lowest BCUT2D eigenvalue weighted by atomic mass is 10.1. The van der Waals surface area contributed by atoms with Crippen molar-refractivity contribution < 1.29 is 23.7 Å². The Balaban J connectivity index is 1.21. The molecule has 2 aromatic heterocycles. The van der Waals surface area contributed by atoms with Gasteiger partial charge < -0.3 is 34.3 Å². The summed E-state index contributed by atoms with van der Waals surface area (Å²) < 4.78 is 29.3. The van der Waals surface area contributed by atoms with E-state index < -0.39 is 0 Å². The number of fused-ring (bicyclic) bond motifs is 2. The number of halogens is 1. The number of allylic oxidation sites excluding steroid dienone is 1. The van der Waals surface area contributed by atoms with E-state index in [0.29, 0.717) is 62.0 Å². The molecule has 10 nitrogen and oxygen atoms in total. The summed E-state index contributed by atoms with van der Waals surface area (Å²) in [5, 5.41) is 17.6. The van der Waals surface area contributed by atoms with Crippen LogP contribution in [0.5, 0.6) is 11.5 Å². The van der Waals surface area contributed by atoms with Gasteiger partial charge in [0.1, 0.15) is 28.8 Å². The normalized spacial score (nSPS) is 20.1. The van der Waals surface area contributed by atoms with Gasteiger partial charge in [-0.15, -0.1) is 0 Å². The van der Waals surface area contributed by atoms with Crippen LogP contribution in [0.4, 0.5) is 16.5 Å². The summed E-state index contributed by atoms with van der Waals surface area (Å²) in [6.07, 6.45) is 9.45. The van der Waals surface area contributed by atoms with Gasteiger partial charge in [0.05, 0.1) is 35.5 Å². The molecule has 1 aromatic carbocycles. The Morgan fingerprint density at radius 1 is 1.26 bits per heavy atom. The van der Waals surface area contributed by atoms with Gasteiger partial charge in [0.25, 0.3) is 0 Å². The van der Waals surface area contributed by atoms with E-state index in [1.165, 1.54) is 24.0 Å². The number of benzene rings is 1. The summed E-state index contributed by atoms with van der Waals surface area (Å²) in [7, 11) is 1.65. The van der Waals surface area contributed by atoms with Crippen LogP contribution in [0.2, 0.25) is 5.02 Å². The highest BCUT2D eigenvalue weighted by atomic mass is 35.5. The number of nitriles is 1. The van der Waals surface area contributed by atoms with E-state index in [1.807, 2.05) is 12.2 Å². The molecule has 6 rings (SSSR count). The van der Waals surface area contributed by atoms with E-state index in [9.17, 15) is 5.26 Å². The van der Waals surface area contributed by atoms with Crippen LogP contribution in [-0.4, -0.2) is 49.2 Å². The quantitative estimate of drug-likeness (QED) is 0.342. The van der Waals surface area contributed by atoms with E-state index in [2.05, 4.69) is 26.7 Å². The number of aromatic nitrogens is 2. The monoisotopic (exact) mass is 567 g/mol. The maximum Gasteiger partial charge on any atom is 0.231 e. The van der Waals surface area contributed by atoms with E-state index in [-0.39, 0.29) is 18.9 Å². The summed E-state index contributed by atoms with van der Waals surface area (Å²) in [5.74, 6) is 2.56. The molecule has 2 N–H and O–H groups in total. The molecule has 0 spiro atoms. The third-order valence-corrected chi connectivity index (χ3v) is 8.00. The zero-order chi connectivity index (χ0) is 26.8. The molecule has 2 atom stereocenters. The molecule has 0 bridgehead atoms. The van der Waals surface area contributed by atoms with E-state index in [1.54, 1.807) is 19.2 Å². The lowest BCUT2D eigenvalue weighted by Crippen LogP contribution is -2.26. The minimum absolute atomic E-state index is 0.0666. The number of nitrogens with zero attached hydrogens (tertiary/aromatic N) is 3. The second-order valence-electron chi connectivity index (χ2n) is 9.22. The van der Waals surface area contributed by atoms with Gasteiger partial charge in [-0.2, -0.15) is 5.26 Å². The summed E-state index contributed by atoms with van der Waals surface area (Å²) in [6.45, 7) is 1.40. The van der Waals surface area contributed by atoms with Crippen LogP contribution >= 0.6 is 22.9 Å². The number of methoxy groups -OCH3 is 1. The summed E-state index contributed by atoms with van der Waals surface area (Å²) in [4.78, 5) is 9.07. The minimum Gasteiger partial charge on any atom is -0.497 e. The van der Waals surface area contributed by atoms with Crippen molar-refractivity contribution in [2.75, 3.05) is 37.8 Å². The summed E-state index contributed by atoms with van der Waals surface area (Å²) in [5.41, 5.74) is 1.94. The number of hydrogen-bond donors (Lipinski definition) is 2. The Labute approximate surface area is 234 Å². The molecule has 2 aliphatic heterocycles. The molecular weight excluding hydrogens is 542 g/mol. The van der Waals surface area contributed by atoms with Gasteiger partial charge in [-0.05, 0) is 37.5 Å². The van der Waals surface area contributed by atoms with Crippen LogP contribution in [-0.2, 0) is 14.2 Å². The molecule has 0 radical (unpaired) electrons. The number of ether oxygens (including phenoxy) is 5. The zero-order valence-corrected chi connectivity index (χ0v) is 22.7. The summed E-state index contributed by atoms with van der Waals surface area (Å²) in [6, 6.07) is 5.60. The maximum absolute atomic E-state index is 9.80. The third-order valence-electron chi connectivity index (χ3n) is 6.69. The fourth-order valence-corrected chi connectivity index (χ4v) is 5.88. The predicted molar refractivity (Wildman–Crippen MR) is 148 cm³/mol. The molecule has 3 aliphatic rings. The zero-order valence-electron chi connectivity index (χ0n) is 21.2. The Morgan fingerprint density at radius 3 is 3.00 bits per heavy atom. The Kier molecular flexibility index (Phi) is 7.32. The lowest BCUT2D eigenvalue weighted by Gasteiger charge is -2.25. The number of rotatable bonds is 8. The number of hydrogen-bond acceptors (Lipinski definition) is 11. The molecule has 39 heavy (non-hydrogen) atoms. The van der Waals surface area contributed by atoms with Crippen molar-refractivity contribution in [3.8, 4) is 17.6 Å². The first-order valence-electron chi connectivity index (χ1n) is 12.6. The van der Waals surface area contributed by atoms with Crippen molar-refractivity contribution in [1.29, 1.82) is 5.26 Å². The molecule has 3 aromatic rings. The molecule has 4 heterocycles. The molecule has 0 amide bonds. The SMILES string of the molecule is COC1=C(OCC2CCCCO2)C=CC(Nc2nc3ncc(C#N)c(Nc4c(Cl)ccc5c4OCO5)c3s2)C1. The van der Waals surface area contributed by atoms with Crippen molar-refractivity contribution >= 4 is 49.8 Å². The van der Waals surface area contributed by atoms with Crippen LogP contribution in [0, 0.1) is 11.3 Å². The van der Waals surface area contributed by atoms with E-state index >= 15 is 0 Å². The average molecular weight is 568 g/mol. The molecule has 1 aliphatic carbocycles. The number of nitrogens with one attached hydrogen (secondary N) is 2. The maximum atomic E-state index is 9.80. The van der Waals surface area contributed by atoms with E-state index in [4.69, 9.17) is 35.3 Å². The fourth-order valence-electron chi connectivity index (χ4n) is 4.69. The van der Waals surface area contributed by atoms with Gasteiger partial charge in [0.15, 0.2) is 28.0 Å². The highest BCUT2D eigenvalue weighted by Crippen LogP contribution is 2.46.